The van der Waals surface area contributed by atoms with Crippen molar-refractivity contribution in [1.82, 2.24) is 4.98 Å². The fraction of sp³-hybridized carbons (Fsp3) is 0.200. The number of aromatic nitrogens is 1. The number of hydrogen-bond acceptors (Lipinski definition) is 3. The summed E-state index contributed by atoms with van der Waals surface area (Å²) in [7, 11) is 1.57. The highest BCUT2D eigenvalue weighted by molar-refractivity contribution is 5.43. The SMILES string of the molecule is COc1ccncc1C#CCC#N. The van der Waals surface area contributed by atoms with E-state index in [1.807, 2.05) is 6.07 Å². The summed E-state index contributed by atoms with van der Waals surface area (Å²) in [6.45, 7) is 0. The first-order valence-electron chi connectivity index (χ1n) is 3.72. The zero-order chi connectivity index (χ0) is 9.52. The Hall–Kier alpha value is -2.00. The van der Waals surface area contributed by atoms with E-state index in [0.29, 0.717) is 11.3 Å². The van der Waals surface area contributed by atoms with E-state index in [1.54, 1.807) is 25.6 Å². The maximum absolute atomic E-state index is 8.27. The molecule has 0 amide bonds. The van der Waals surface area contributed by atoms with Gasteiger partial charge in [-0.2, -0.15) is 5.26 Å². The van der Waals surface area contributed by atoms with E-state index >= 15 is 0 Å². The predicted molar refractivity (Wildman–Crippen MR) is 47.9 cm³/mol. The maximum Gasteiger partial charge on any atom is 0.137 e. The molecule has 0 N–H and O–H groups in total. The largest absolute Gasteiger partial charge is 0.495 e. The number of pyridine rings is 1. The Kier molecular flexibility index (Phi) is 3.35. The fourth-order valence-electron chi connectivity index (χ4n) is 0.833. The lowest BCUT2D eigenvalue weighted by atomic mass is 10.2. The molecule has 1 aromatic heterocycles. The van der Waals surface area contributed by atoms with Gasteiger partial charge in [-0.15, -0.1) is 0 Å². The summed E-state index contributed by atoms with van der Waals surface area (Å²) in [5.41, 5.74) is 0.709. The summed E-state index contributed by atoms with van der Waals surface area (Å²) >= 11 is 0. The molecular weight excluding hydrogens is 164 g/mol. The highest BCUT2D eigenvalue weighted by atomic mass is 16.5. The summed E-state index contributed by atoms with van der Waals surface area (Å²) < 4.78 is 5.05. The van der Waals surface area contributed by atoms with Gasteiger partial charge in [0.25, 0.3) is 0 Å². The zero-order valence-electron chi connectivity index (χ0n) is 7.24. The predicted octanol–water partition coefficient (Wildman–Crippen LogP) is 1.36. The van der Waals surface area contributed by atoms with Crippen molar-refractivity contribution < 1.29 is 4.74 Å². The van der Waals surface area contributed by atoms with Gasteiger partial charge in [0.15, 0.2) is 0 Å². The molecule has 1 heterocycles. The first-order chi connectivity index (χ1) is 6.38. The smallest absolute Gasteiger partial charge is 0.137 e. The quantitative estimate of drug-likeness (QED) is 0.601. The lowest BCUT2D eigenvalue weighted by Crippen LogP contribution is -1.87. The van der Waals surface area contributed by atoms with E-state index in [-0.39, 0.29) is 6.42 Å². The van der Waals surface area contributed by atoms with E-state index in [0.717, 1.165) is 0 Å². The second kappa shape index (κ2) is 4.79. The molecule has 1 aromatic rings. The molecule has 0 spiro atoms. The van der Waals surface area contributed by atoms with Crippen LogP contribution >= 0.6 is 0 Å². The van der Waals surface area contributed by atoms with E-state index in [4.69, 9.17) is 10.00 Å². The maximum atomic E-state index is 8.27. The van der Waals surface area contributed by atoms with Gasteiger partial charge in [-0.3, -0.25) is 4.98 Å². The molecule has 0 unspecified atom stereocenters. The van der Waals surface area contributed by atoms with Crippen LogP contribution in [-0.4, -0.2) is 12.1 Å². The van der Waals surface area contributed by atoms with Gasteiger partial charge in [0.05, 0.1) is 25.2 Å². The molecule has 0 saturated carbocycles. The second-order valence-corrected chi connectivity index (χ2v) is 2.21. The van der Waals surface area contributed by atoms with Crippen molar-refractivity contribution in [2.75, 3.05) is 7.11 Å². The molecule has 13 heavy (non-hydrogen) atoms. The molecule has 64 valence electrons. The Morgan fingerprint density at radius 3 is 3.15 bits per heavy atom. The highest BCUT2D eigenvalue weighted by Gasteiger charge is 1.96. The Morgan fingerprint density at radius 2 is 2.46 bits per heavy atom. The minimum atomic E-state index is 0.220. The fourth-order valence-corrected chi connectivity index (χ4v) is 0.833. The van der Waals surface area contributed by atoms with E-state index < -0.39 is 0 Å². The van der Waals surface area contributed by atoms with Crippen molar-refractivity contribution in [1.29, 1.82) is 5.26 Å². The summed E-state index contributed by atoms with van der Waals surface area (Å²) in [6.07, 6.45) is 3.47. The number of ether oxygens (including phenoxy) is 1. The third kappa shape index (κ3) is 2.50. The van der Waals surface area contributed by atoms with Gasteiger partial charge in [0, 0.05) is 12.4 Å². The monoisotopic (exact) mass is 172 g/mol. The molecule has 3 heteroatoms. The van der Waals surface area contributed by atoms with Gasteiger partial charge >= 0.3 is 0 Å². The third-order valence-corrected chi connectivity index (χ3v) is 1.39. The van der Waals surface area contributed by atoms with Crippen molar-refractivity contribution >= 4 is 0 Å². The molecule has 0 saturated heterocycles. The number of nitriles is 1. The van der Waals surface area contributed by atoms with E-state index in [9.17, 15) is 0 Å². The Morgan fingerprint density at radius 1 is 1.62 bits per heavy atom. The van der Waals surface area contributed by atoms with Crippen LogP contribution in [0.15, 0.2) is 18.5 Å². The van der Waals surface area contributed by atoms with Crippen LogP contribution in [0.3, 0.4) is 0 Å². The second-order valence-electron chi connectivity index (χ2n) is 2.21. The first-order valence-corrected chi connectivity index (χ1v) is 3.72. The van der Waals surface area contributed by atoms with Crippen molar-refractivity contribution in [3.8, 4) is 23.7 Å². The molecule has 0 aliphatic rings. The lowest BCUT2D eigenvalue weighted by molar-refractivity contribution is 0.413. The normalized spacial score (nSPS) is 8.00. The number of hydrogen-bond donors (Lipinski definition) is 0. The van der Waals surface area contributed by atoms with Gasteiger partial charge in [-0.25, -0.2) is 0 Å². The van der Waals surface area contributed by atoms with Crippen LogP contribution in [0.2, 0.25) is 0 Å². The topological polar surface area (TPSA) is 45.9 Å². The first kappa shape index (κ1) is 9.09. The van der Waals surface area contributed by atoms with Crippen LogP contribution in [-0.2, 0) is 0 Å². The summed E-state index contributed by atoms with van der Waals surface area (Å²) in [4.78, 5) is 3.91. The average Bonchev–Trinajstić information content (AvgIpc) is 2.19. The van der Waals surface area contributed by atoms with E-state index in [1.165, 1.54) is 0 Å². The van der Waals surface area contributed by atoms with Crippen LogP contribution in [0, 0.1) is 23.2 Å². The van der Waals surface area contributed by atoms with Crippen LogP contribution in [0.1, 0.15) is 12.0 Å². The van der Waals surface area contributed by atoms with Crippen LogP contribution in [0.25, 0.3) is 0 Å². The number of rotatable bonds is 1. The summed E-state index contributed by atoms with van der Waals surface area (Å²) in [6, 6.07) is 3.67. The highest BCUT2D eigenvalue weighted by Crippen LogP contribution is 2.13. The minimum absolute atomic E-state index is 0.220. The molecule has 3 nitrogen and oxygen atoms in total. The molecule has 0 aromatic carbocycles. The molecule has 0 fully saturated rings. The van der Waals surface area contributed by atoms with Gasteiger partial charge in [0.1, 0.15) is 5.75 Å². The average molecular weight is 172 g/mol. The van der Waals surface area contributed by atoms with Crippen molar-refractivity contribution in [3.05, 3.63) is 24.0 Å². The number of nitrogens with zero attached hydrogens (tertiary/aromatic N) is 2. The Bertz CT molecular complexity index is 382. The Balaban J connectivity index is 2.90. The van der Waals surface area contributed by atoms with Crippen molar-refractivity contribution in [3.63, 3.8) is 0 Å². The summed E-state index contributed by atoms with van der Waals surface area (Å²) in [5, 5.41) is 8.27. The van der Waals surface area contributed by atoms with Gasteiger partial charge < -0.3 is 4.74 Å². The summed E-state index contributed by atoms with van der Waals surface area (Å²) in [5.74, 6) is 6.18. The lowest BCUT2D eigenvalue weighted by Gasteiger charge is -1.99. The number of methoxy groups -OCH3 is 1. The standard InChI is InChI=1S/C10H8N2O/c1-13-10-5-7-12-8-9(10)4-2-3-6-11/h5,7-8H,3H2,1H3. The van der Waals surface area contributed by atoms with Gasteiger partial charge in [0.2, 0.25) is 0 Å². The zero-order valence-corrected chi connectivity index (χ0v) is 7.24. The molecule has 0 bridgehead atoms. The molecule has 0 aliphatic carbocycles. The van der Waals surface area contributed by atoms with E-state index in [2.05, 4.69) is 16.8 Å². The van der Waals surface area contributed by atoms with Crippen LogP contribution in [0.4, 0.5) is 0 Å². The van der Waals surface area contributed by atoms with Gasteiger partial charge in [-0.1, -0.05) is 11.8 Å². The minimum Gasteiger partial charge on any atom is -0.495 e. The third-order valence-electron chi connectivity index (χ3n) is 1.39. The molecule has 1 rings (SSSR count). The van der Waals surface area contributed by atoms with Crippen molar-refractivity contribution in [2.45, 2.75) is 6.42 Å². The molecule has 0 aliphatic heterocycles. The van der Waals surface area contributed by atoms with Crippen molar-refractivity contribution in [2.24, 2.45) is 0 Å². The molecule has 0 radical (unpaired) electrons. The van der Waals surface area contributed by atoms with Crippen LogP contribution < -0.4 is 4.74 Å². The molecular formula is C10H8N2O. The Labute approximate surface area is 77.0 Å². The van der Waals surface area contributed by atoms with Crippen LogP contribution in [0.5, 0.6) is 5.75 Å². The molecule has 0 atom stereocenters. The van der Waals surface area contributed by atoms with Gasteiger partial charge in [-0.05, 0) is 6.07 Å².